The van der Waals surface area contributed by atoms with Crippen LogP contribution in [0.15, 0.2) is 18.3 Å². The second-order valence-corrected chi connectivity index (χ2v) is 4.70. The molecular weight excluding hydrogens is 258 g/mol. The monoisotopic (exact) mass is 279 g/mol. The van der Waals surface area contributed by atoms with E-state index in [1.54, 1.807) is 13.1 Å². The summed E-state index contributed by atoms with van der Waals surface area (Å²) in [6, 6.07) is 3.35. The van der Waals surface area contributed by atoms with Crippen LogP contribution in [-0.4, -0.2) is 48.9 Å². The third kappa shape index (κ3) is 3.68. The van der Waals surface area contributed by atoms with Crippen molar-refractivity contribution < 1.29 is 14.6 Å². The van der Waals surface area contributed by atoms with Gasteiger partial charge in [-0.3, -0.25) is 4.79 Å². The molecule has 0 bridgehead atoms. The zero-order valence-corrected chi connectivity index (χ0v) is 11.7. The summed E-state index contributed by atoms with van der Waals surface area (Å²) >= 11 is 0. The topological polar surface area (TPSA) is 74.7 Å². The number of hydrogen-bond donors (Lipinski definition) is 2. The zero-order chi connectivity index (χ0) is 14.4. The van der Waals surface area contributed by atoms with Crippen LogP contribution in [0.1, 0.15) is 24.9 Å². The third-order valence-electron chi connectivity index (χ3n) is 3.35. The van der Waals surface area contributed by atoms with E-state index < -0.39 is 0 Å². The second-order valence-electron chi connectivity index (χ2n) is 4.70. The Bertz CT molecular complexity index is 447. The molecule has 1 aromatic rings. The number of carbonyl (C=O) groups excluding carboxylic acids is 1. The molecule has 2 heterocycles. The van der Waals surface area contributed by atoms with E-state index in [2.05, 4.69) is 15.2 Å². The molecule has 1 aliphatic rings. The fourth-order valence-corrected chi connectivity index (χ4v) is 2.15. The molecule has 0 unspecified atom stereocenters. The number of morpholine rings is 1. The molecule has 0 aliphatic carbocycles. The van der Waals surface area contributed by atoms with Crippen LogP contribution in [0.4, 0.5) is 5.82 Å². The van der Waals surface area contributed by atoms with Gasteiger partial charge in [0.1, 0.15) is 5.82 Å². The minimum absolute atomic E-state index is 0.0752. The van der Waals surface area contributed by atoms with E-state index in [-0.39, 0.29) is 18.6 Å². The Kier molecular flexibility index (Phi) is 5.31. The number of ether oxygens (including phenoxy) is 1. The molecule has 2 rings (SSSR count). The molecule has 1 saturated heterocycles. The minimum atomic E-state index is -0.384. The Hall–Kier alpha value is -1.66. The maximum atomic E-state index is 11.5. The highest BCUT2D eigenvalue weighted by Crippen LogP contribution is 2.19. The number of aliphatic hydroxyl groups is 1. The number of aromatic nitrogens is 1. The van der Waals surface area contributed by atoms with Crippen molar-refractivity contribution in [3.8, 4) is 0 Å². The number of aliphatic hydroxyl groups excluding tert-OH is 1. The molecule has 1 atom stereocenters. The van der Waals surface area contributed by atoms with E-state index >= 15 is 0 Å². The predicted molar refractivity (Wildman–Crippen MR) is 75.5 cm³/mol. The summed E-state index contributed by atoms with van der Waals surface area (Å²) in [6.45, 7) is 4.67. The van der Waals surface area contributed by atoms with Gasteiger partial charge in [0.25, 0.3) is 0 Å². The van der Waals surface area contributed by atoms with Crippen LogP contribution in [0.2, 0.25) is 0 Å². The van der Waals surface area contributed by atoms with Gasteiger partial charge < -0.3 is 20.1 Å². The fourth-order valence-electron chi connectivity index (χ4n) is 2.15. The fraction of sp³-hybridized carbons (Fsp3) is 0.571. The van der Waals surface area contributed by atoms with Crippen molar-refractivity contribution in [3.05, 3.63) is 23.9 Å². The first-order valence-electron chi connectivity index (χ1n) is 6.93. The Labute approximate surface area is 118 Å². The van der Waals surface area contributed by atoms with E-state index in [1.807, 2.05) is 12.1 Å². The molecule has 6 nitrogen and oxygen atoms in total. The van der Waals surface area contributed by atoms with Gasteiger partial charge >= 0.3 is 0 Å². The van der Waals surface area contributed by atoms with Crippen molar-refractivity contribution in [1.82, 2.24) is 10.3 Å². The van der Waals surface area contributed by atoms with Crippen molar-refractivity contribution in [3.63, 3.8) is 0 Å². The predicted octanol–water partition coefficient (Wildman–Crippen LogP) is 0.478. The molecule has 110 valence electrons. The quantitative estimate of drug-likeness (QED) is 0.820. The number of hydrogen-bond acceptors (Lipinski definition) is 5. The molecule has 1 amide bonds. The Morgan fingerprint density at radius 2 is 2.30 bits per heavy atom. The van der Waals surface area contributed by atoms with Crippen LogP contribution in [0, 0.1) is 0 Å². The Balaban J connectivity index is 2.12. The van der Waals surface area contributed by atoms with Crippen LogP contribution in [0.25, 0.3) is 0 Å². The van der Waals surface area contributed by atoms with Gasteiger partial charge in [-0.15, -0.1) is 0 Å². The molecule has 1 aliphatic heterocycles. The summed E-state index contributed by atoms with van der Waals surface area (Å²) in [7, 11) is 0. The second kappa shape index (κ2) is 7.21. The standard InChI is InChI=1S/C14H21N3O3/c1-2-14(19)16-12(10-18)11-3-4-15-13(9-11)17-5-7-20-8-6-17/h3-4,9,12,18H,2,5-8,10H2,1H3,(H,16,19)/t12-/m1/s1. The van der Waals surface area contributed by atoms with Gasteiger partial charge in [-0.25, -0.2) is 4.98 Å². The highest BCUT2D eigenvalue weighted by atomic mass is 16.5. The number of amides is 1. The maximum Gasteiger partial charge on any atom is 0.220 e. The SMILES string of the molecule is CCC(=O)N[C@H](CO)c1ccnc(N2CCOCC2)c1. The van der Waals surface area contributed by atoms with Crippen molar-refractivity contribution in [2.75, 3.05) is 37.8 Å². The number of anilines is 1. The number of nitrogens with zero attached hydrogens (tertiary/aromatic N) is 2. The summed E-state index contributed by atoms with van der Waals surface area (Å²) in [6.07, 6.45) is 2.11. The molecule has 1 fully saturated rings. The molecule has 0 aromatic carbocycles. The summed E-state index contributed by atoms with van der Waals surface area (Å²) in [5, 5.41) is 12.3. The van der Waals surface area contributed by atoms with Crippen LogP contribution >= 0.6 is 0 Å². The summed E-state index contributed by atoms with van der Waals surface area (Å²) in [5.41, 5.74) is 0.866. The summed E-state index contributed by atoms with van der Waals surface area (Å²) in [5.74, 6) is 0.781. The lowest BCUT2D eigenvalue weighted by Gasteiger charge is -2.28. The first-order chi connectivity index (χ1) is 9.74. The molecule has 0 saturated carbocycles. The van der Waals surface area contributed by atoms with Gasteiger partial charge in [-0.2, -0.15) is 0 Å². The highest BCUT2D eigenvalue weighted by molar-refractivity contribution is 5.76. The molecule has 0 spiro atoms. The number of rotatable bonds is 5. The van der Waals surface area contributed by atoms with Gasteiger partial charge in [-0.05, 0) is 17.7 Å². The smallest absolute Gasteiger partial charge is 0.220 e. The normalized spacial score (nSPS) is 16.8. The maximum absolute atomic E-state index is 11.5. The van der Waals surface area contributed by atoms with E-state index in [9.17, 15) is 9.90 Å². The van der Waals surface area contributed by atoms with Crippen molar-refractivity contribution in [2.45, 2.75) is 19.4 Å². The largest absolute Gasteiger partial charge is 0.394 e. The molecule has 0 radical (unpaired) electrons. The summed E-state index contributed by atoms with van der Waals surface area (Å²) < 4.78 is 5.32. The van der Waals surface area contributed by atoms with E-state index in [0.717, 1.165) is 24.5 Å². The number of carbonyl (C=O) groups is 1. The van der Waals surface area contributed by atoms with E-state index in [4.69, 9.17) is 4.74 Å². The van der Waals surface area contributed by atoms with Crippen LogP contribution in [0.5, 0.6) is 0 Å². The Morgan fingerprint density at radius 1 is 1.55 bits per heavy atom. The van der Waals surface area contributed by atoms with E-state index in [1.165, 1.54) is 0 Å². The van der Waals surface area contributed by atoms with Crippen LogP contribution in [-0.2, 0) is 9.53 Å². The first-order valence-corrected chi connectivity index (χ1v) is 6.93. The highest BCUT2D eigenvalue weighted by Gasteiger charge is 2.16. The molecule has 6 heteroatoms. The van der Waals surface area contributed by atoms with Crippen LogP contribution in [0.3, 0.4) is 0 Å². The lowest BCUT2D eigenvalue weighted by atomic mass is 10.1. The summed E-state index contributed by atoms with van der Waals surface area (Å²) in [4.78, 5) is 18.0. The van der Waals surface area contributed by atoms with Gasteiger partial charge in [0.15, 0.2) is 0 Å². The average molecular weight is 279 g/mol. The molecule has 2 N–H and O–H groups in total. The molecular formula is C14H21N3O3. The molecule has 1 aromatic heterocycles. The molecule has 20 heavy (non-hydrogen) atoms. The van der Waals surface area contributed by atoms with Crippen LogP contribution < -0.4 is 10.2 Å². The zero-order valence-electron chi connectivity index (χ0n) is 11.7. The van der Waals surface area contributed by atoms with Gasteiger partial charge in [0.2, 0.25) is 5.91 Å². The lowest BCUT2D eigenvalue weighted by Crippen LogP contribution is -2.37. The van der Waals surface area contributed by atoms with Crippen molar-refractivity contribution in [1.29, 1.82) is 0 Å². The first kappa shape index (κ1) is 14.7. The van der Waals surface area contributed by atoms with Crippen molar-refractivity contribution >= 4 is 11.7 Å². The van der Waals surface area contributed by atoms with Gasteiger partial charge in [0.05, 0.1) is 25.9 Å². The number of nitrogens with one attached hydrogen (secondary N) is 1. The number of pyridine rings is 1. The third-order valence-corrected chi connectivity index (χ3v) is 3.35. The Morgan fingerprint density at radius 3 is 2.95 bits per heavy atom. The van der Waals surface area contributed by atoms with Gasteiger partial charge in [0, 0.05) is 25.7 Å². The van der Waals surface area contributed by atoms with E-state index in [0.29, 0.717) is 19.6 Å². The average Bonchev–Trinajstić information content (AvgIpc) is 2.53. The van der Waals surface area contributed by atoms with Gasteiger partial charge in [-0.1, -0.05) is 6.92 Å². The minimum Gasteiger partial charge on any atom is -0.394 e. The lowest BCUT2D eigenvalue weighted by molar-refractivity contribution is -0.121. The van der Waals surface area contributed by atoms with Crippen molar-refractivity contribution in [2.24, 2.45) is 0 Å².